The Morgan fingerprint density at radius 3 is 2.62 bits per heavy atom. The van der Waals surface area contributed by atoms with Gasteiger partial charge in [0.2, 0.25) is 0 Å². The minimum absolute atomic E-state index is 0. The maximum absolute atomic E-state index is 12.4. The van der Waals surface area contributed by atoms with Gasteiger partial charge in [-0.3, -0.25) is 14.3 Å². The first-order valence-electron chi connectivity index (χ1n) is 10.2. The minimum Gasteiger partial charge on any atom is -0.469 e. The lowest BCUT2D eigenvalue weighted by atomic mass is 10.0. The molecule has 0 atom stereocenters. The van der Waals surface area contributed by atoms with Crippen molar-refractivity contribution in [2.45, 2.75) is 38.3 Å². The number of nitrogens with zero attached hydrogens (tertiary/aromatic N) is 2. The molecule has 2 heterocycles. The summed E-state index contributed by atoms with van der Waals surface area (Å²) in [6, 6.07) is 14.9. The summed E-state index contributed by atoms with van der Waals surface area (Å²) in [5.41, 5.74) is 1.36. The molecule has 0 amide bonds. The number of likely N-dealkylation sites (tertiary alicyclic amines) is 1. The molecule has 2 N–H and O–H groups in total. The Bertz CT molecular complexity index is 688. The van der Waals surface area contributed by atoms with Crippen LogP contribution in [0.2, 0.25) is 0 Å². The van der Waals surface area contributed by atoms with Gasteiger partial charge in [-0.25, -0.2) is 0 Å². The summed E-state index contributed by atoms with van der Waals surface area (Å²) in [6.45, 7) is 4.04. The second-order valence-corrected chi connectivity index (χ2v) is 7.21. The van der Waals surface area contributed by atoms with E-state index < -0.39 is 0 Å². The summed E-state index contributed by atoms with van der Waals surface area (Å²) in [4.78, 5) is 7.02. The molecule has 0 radical (unpaired) electrons. The number of nitrogens with one attached hydrogen (secondary N) is 2. The number of alkyl halides is 1. The van der Waals surface area contributed by atoms with Crippen molar-refractivity contribution in [2.24, 2.45) is 4.99 Å². The Hall–Kier alpha value is -1.61. The molecule has 29 heavy (non-hydrogen) atoms. The lowest BCUT2D eigenvalue weighted by molar-refractivity contribution is 0.198. The summed E-state index contributed by atoms with van der Waals surface area (Å²) in [5.74, 6) is 1.73. The molecule has 5 nitrogen and oxygen atoms in total. The quantitative estimate of drug-likeness (QED) is 0.230. The van der Waals surface area contributed by atoms with Gasteiger partial charge in [-0.1, -0.05) is 30.3 Å². The molecular formula is C22H32FIN4O. The van der Waals surface area contributed by atoms with Gasteiger partial charge in [0.15, 0.2) is 5.96 Å². The fourth-order valence-corrected chi connectivity index (χ4v) is 3.43. The molecule has 0 bridgehead atoms. The molecule has 7 heteroatoms. The highest BCUT2D eigenvalue weighted by atomic mass is 127. The standard InChI is InChI=1S/C22H31FN4O.HI/c23-12-5-13-24-22(25-14-9-21-8-4-17-28-21)26-20-10-15-27(16-11-20)18-19-6-2-1-3-7-19;/h1-4,6-8,17,20H,5,9-16,18H2,(H2,24,25,26);1H. The number of halogens is 2. The minimum atomic E-state index is -0.332. The van der Waals surface area contributed by atoms with Gasteiger partial charge in [-0.05, 0) is 37.0 Å². The number of rotatable bonds is 9. The molecule has 3 rings (SSSR count). The van der Waals surface area contributed by atoms with Crippen LogP contribution in [0.3, 0.4) is 0 Å². The first-order chi connectivity index (χ1) is 13.8. The van der Waals surface area contributed by atoms with Crippen molar-refractivity contribution in [3.8, 4) is 0 Å². The van der Waals surface area contributed by atoms with Crippen molar-refractivity contribution < 1.29 is 8.81 Å². The van der Waals surface area contributed by atoms with Crippen LogP contribution in [-0.4, -0.2) is 49.8 Å². The Morgan fingerprint density at radius 2 is 1.93 bits per heavy atom. The zero-order valence-corrected chi connectivity index (χ0v) is 19.2. The summed E-state index contributed by atoms with van der Waals surface area (Å²) >= 11 is 0. The van der Waals surface area contributed by atoms with Crippen molar-refractivity contribution in [2.75, 3.05) is 32.9 Å². The Morgan fingerprint density at radius 1 is 1.14 bits per heavy atom. The van der Waals surface area contributed by atoms with Crippen LogP contribution in [-0.2, 0) is 13.0 Å². The van der Waals surface area contributed by atoms with Gasteiger partial charge in [-0.2, -0.15) is 0 Å². The molecule has 0 unspecified atom stereocenters. The number of hydrogen-bond donors (Lipinski definition) is 2. The van der Waals surface area contributed by atoms with Crippen LogP contribution in [0.5, 0.6) is 0 Å². The predicted octanol–water partition coefficient (Wildman–Crippen LogP) is 4.00. The molecule has 0 spiro atoms. The first kappa shape index (κ1) is 23.7. The van der Waals surface area contributed by atoms with E-state index in [0.29, 0.717) is 19.0 Å². The summed E-state index contributed by atoms with van der Waals surface area (Å²) < 4.78 is 17.8. The molecule has 1 aliphatic heterocycles. The van der Waals surface area contributed by atoms with Gasteiger partial charge < -0.3 is 15.1 Å². The molecule has 0 saturated carbocycles. The molecule has 1 aliphatic rings. The molecule has 2 aromatic rings. The molecule has 1 saturated heterocycles. The molecule has 1 aromatic carbocycles. The second kappa shape index (κ2) is 13.6. The molecule has 1 fully saturated rings. The lowest BCUT2D eigenvalue weighted by Gasteiger charge is -2.33. The van der Waals surface area contributed by atoms with Crippen LogP contribution in [0.4, 0.5) is 4.39 Å². The Labute approximate surface area is 190 Å². The molecule has 0 aliphatic carbocycles. The zero-order valence-electron chi connectivity index (χ0n) is 16.9. The number of aliphatic imine (C=N–C) groups is 1. The van der Waals surface area contributed by atoms with Crippen LogP contribution < -0.4 is 10.6 Å². The van der Waals surface area contributed by atoms with Crippen LogP contribution in [0.15, 0.2) is 58.1 Å². The Balaban J connectivity index is 0.00000300. The van der Waals surface area contributed by atoms with E-state index in [9.17, 15) is 4.39 Å². The van der Waals surface area contributed by atoms with E-state index in [1.807, 2.05) is 12.1 Å². The van der Waals surface area contributed by atoms with Crippen LogP contribution in [0.1, 0.15) is 30.6 Å². The van der Waals surface area contributed by atoms with Crippen molar-refractivity contribution in [3.05, 3.63) is 60.1 Å². The monoisotopic (exact) mass is 514 g/mol. The Kier molecular flexibility index (Phi) is 11.1. The zero-order chi connectivity index (χ0) is 19.4. The number of hydrogen-bond acceptors (Lipinski definition) is 3. The highest BCUT2D eigenvalue weighted by molar-refractivity contribution is 14.0. The summed E-state index contributed by atoms with van der Waals surface area (Å²) in [6.07, 6.45) is 5.10. The first-order valence-corrected chi connectivity index (χ1v) is 10.2. The van der Waals surface area contributed by atoms with Crippen LogP contribution in [0.25, 0.3) is 0 Å². The third kappa shape index (κ3) is 8.74. The van der Waals surface area contributed by atoms with Gasteiger partial charge in [0, 0.05) is 45.2 Å². The summed E-state index contributed by atoms with van der Waals surface area (Å²) in [7, 11) is 0. The fraction of sp³-hybridized carbons (Fsp3) is 0.500. The van der Waals surface area contributed by atoms with Gasteiger partial charge in [-0.15, -0.1) is 24.0 Å². The predicted molar refractivity (Wildman–Crippen MR) is 127 cm³/mol. The molecule has 1 aromatic heterocycles. The van der Waals surface area contributed by atoms with E-state index >= 15 is 0 Å². The van der Waals surface area contributed by atoms with Crippen molar-refractivity contribution in [3.63, 3.8) is 0 Å². The topological polar surface area (TPSA) is 52.8 Å². The van der Waals surface area contributed by atoms with E-state index in [-0.39, 0.29) is 30.7 Å². The molecular weight excluding hydrogens is 482 g/mol. The fourth-order valence-electron chi connectivity index (χ4n) is 3.43. The number of piperidine rings is 1. The van der Waals surface area contributed by atoms with Crippen molar-refractivity contribution in [1.82, 2.24) is 15.5 Å². The van der Waals surface area contributed by atoms with Gasteiger partial charge in [0.05, 0.1) is 12.9 Å². The smallest absolute Gasteiger partial charge is 0.191 e. The lowest BCUT2D eigenvalue weighted by Crippen LogP contribution is -2.49. The number of guanidine groups is 1. The normalized spacial score (nSPS) is 15.7. The third-order valence-electron chi connectivity index (χ3n) is 4.98. The van der Waals surface area contributed by atoms with Gasteiger partial charge in [0.1, 0.15) is 5.76 Å². The SMILES string of the molecule is FCCCN=C(NCCc1ccco1)NC1CCN(Cc2ccccc2)CC1.I. The third-order valence-corrected chi connectivity index (χ3v) is 4.98. The van der Waals surface area contributed by atoms with E-state index in [2.05, 4.69) is 50.9 Å². The van der Waals surface area contributed by atoms with Gasteiger partial charge in [0.25, 0.3) is 0 Å². The van der Waals surface area contributed by atoms with Crippen LogP contribution in [0, 0.1) is 0 Å². The highest BCUT2D eigenvalue weighted by Gasteiger charge is 2.20. The highest BCUT2D eigenvalue weighted by Crippen LogP contribution is 2.13. The van der Waals surface area contributed by atoms with Crippen molar-refractivity contribution in [1.29, 1.82) is 0 Å². The summed E-state index contributed by atoms with van der Waals surface area (Å²) in [5, 5.41) is 6.90. The van der Waals surface area contributed by atoms with E-state index in [1.54, 1.807) is 6.26 Å². The number of benzene rings is 1. The van der Waals surface area contributed by atoms with E-state index in [0.717, 1.165) is 57.2 Å². The average molecular weight is 514 g/mol. The second-order valence-electron chi connectivity index (χ2n) is 7.21. The van der Waals surface area contributed by atoms with Crippen molar-refractivity contribution >= 4 is 29.9 Å². The maximum Gasteiger partial charge on any atom is 0.191 e. The van der Waals surface area contributed by atoms with E-state index in [4.69, 9.17) is 4.42 Å². The maximum atomic E-state index is 12.4. The number of furan rings is 1. The molecule has 160 valence electrons. The average Bonchev–Trinajstić information content (AvgIpc) is 3.24. The van der Waals surface area contributed by atoms with Gasteiger partial charge >= 0.3 is 0 Å². The van der Waals surface area contributed by atoms with Crippen LogP contribution >= 0.6 is 24.0 Å². The largest absolute Gasteiger partial charge is 0.469 e. The van der Waals surface area contributed by atoms with E-state index in [1.165, 1.54) is 5.56 Å².